The van der Waals surface area contributed by atoms with Gasteiger partial charge < -0.3 is 15.1 Å². The Balaban J connectivity index is 2.09. The van der Waals surface area contributed by atoms with Crippen molar-refractivity contribution in [3.05, 3.63) is 23.8 Å². The van der Waals surface area contributed by atoms with Crippen molar-refractivity contribution in [3.63, 3.8) is 0 Å². The van der Waals surface area contributed by atoms with E-state index in [-0.39, 0.29) is 11.9 Å². The van der Waals surface area contributed by atoms with Crippen LogP contribution >= 0.6 is 0 Å². The van der Waals surface area contributed by atoms with E-state index < -0.39 is 0 Å². The maximum atomic E-state index is 12.5. The van der Waals surface area contributed by atoms with Gasteiger partial charge in [0.25, 0.3) is 5.91 Å². The van der Waals surface area contributed by atoms with Gasteiger partial charge in [-0.1, -0.05) is 13.8 Å². The zero-order valence-electron chi connectivity index (χ0n) is 14.4. The minimum absolute atomic E-state index is 0.0783. The monoisotopic (exact) mass is 319 g/mol. The summed E-state index contributed by atoms with van der Waals surface area (Å²) in [5.74, 6) is 1.15. The molecule has 0 aliphatic rings. The van der Waals surface area contributed by atoms with Crippen LogP contribution in [-0.2, 0) is 7.05 Å². The fourth-order valence-electron chi connectivity index (χ4n) is 2.21. The van der Waals surface area contributed by atoms with Crippen molar-refractivity contribution in [3.8, 4) is 11.5 Å². The molecule has 2 aromatic heterocycles. The van der Waals surface area contributed by atoms with Crippen LogP contribution < -0.4 is 5.73 Å². The number of oxazole rings is 1. The number of nitrogens with two attached hydrogens (primary N) is 1. The number of hydrogen-bond acceptors (Lipinski definition) is 5. The molecule has 0 saturated heterocycles. The third-order valence-corrected chi connectivity index (χ3v) is 3.95. The van der Waals surface area contributed by atoms with E-state index >= 15 is 0 Å². The van der Waals surface area contributed by atoms with Crippen LogP contribution in [0.1, 0.15) is 36.5 Å². The number of carbonyl (C=O) groups is 1. The molecule has 0 aliphatic heterocycles. The second-order valence-electron chi connectivity index (χ2n) is 6.25. The van der Waals surface area contributed by atoms with E-state index in [0.29, 0.717) is 29.8 Å². The van der Waals surface area contributed by atoms with Gasteiger partial charge in [0.1, 0.15) is 5.76 Å². The van der Waals surface area contributed by atoms with Crippen LogP contribution in [0.4, 0.5) is 0 Å². The molecule has 0 aliphatic carbocycles. The van der Waals surface area contributed by atoms with Crippen LogP contribution in [0.15, 0.2) is 16.8 Å². The molecule has 126 valence electrons. The summed E-state index contributed by atoms with van der Waals surface area (Å²) in [6, 6.07) is 0.0783. The second kappa shape index (κ2) is 6.95. The predicted octanol–water partition coefficient (Wildman–Crippen LogP) is 1.83. The van der Waals surface area contributed by atoms with E-state index in [0.717, 1.165) is 12.0 Å². The average Bonchev–Trinajstić information content (AvgIpc) is 3.09. The Bertz CT molecular complexity index is 674. The second-order valence-corrected chi connectivity index (χ2v) is 6.25. The first kappa shape index (κ1) is 17.2. The SMILES string of the molecule is Cc1oc(-c2cnn(C)c2)nc1C(=O)N(C)CCC(N)C(C)C. The summed E-state index contributed by atoms with van der Waals surface area (Å²) < 4.78 is 7.28. The molecule has 2 aromatic rings. The summed E-state index contributed by atoms with van der Waals surface area (Å²) in [5, 5.41) is 4.08. The van der Waals surface area contributed by atoms with E-state index in [1.165, 1.54) is 0 Å². The third-order valence-electron chi connectivity index (χ3n) is 3.95. The van der Waals surface area contributed by atoms with Crippen LogP contribution in [0.5, 0.6) is 0 Å². The normalized spacial score (nSPS) is 12.7. The van der Waals surface area contributed by atoms with E-state index in [9.17, 15) is 4.79 Å². The van der Waals surface area contributed by atoms with Crippen molar-refractivity contribution in [1.82, 2.24) is 19.7 Å². The number of carbonyl (C=O) groups excluding carboxylic acids is 1. The number of nitrogens with zero attached hydrogens (tertiary/aromatic N) is 4. The molecule has 2 heterocycles. The number of hydrogen-bond donors (Lipinski definition) is 1. The van der Waals surface area contributed by atoms with Crippen LogP contribution in [0.2, 0.25) is 0 Å². The van der Waals surface area contributed by atoms with E-state index in [2.05, 4.69) is 23.9 Å². The molecule has 7 nitrogen and oxygen atoms in total. The van der Waals surface area contributed by atoms with Gasteiger partial charge in [0.15, 0.2) is 5.69 Å². The zero-order chi connectivity index (χ0) is 17.1. The maximum Gasteiger partial charge on any atom is 0.275 e. The molecule has 0 spiro atoms. The van der Waals surface area contributed by atoms with Gasteiger partial charge in [0, 0.05) is 32.9 Å². The number of aromatic nitrogens is 3. The summed E-state index contributed by atoms with van der Waals surface area (Å²) in [5.41, 5.74) is 7.12. The first-order valence-corrected chi connectivity index (χ1v) is 7.77. The Morgan fingerprint density at radius 3 is 2.74 bits per heavy atom. The number of amides is 1. The molecule has 2 rings (SSSR count). The van der Waals surface area contributed by atoms with Crippen molar-refractivity contribution in [2.45, 2.75) is 33.2 Å². The molecule has 0 radical (unpaired) electrons. The first-order valence-electron chi connectivity index (χ1n) is 7.77. The summed E-state index contributed by atoms with van der Waals surface area (Å²) in [6.07, 6.45) is 4.21. The number of rotatable bonds is 6. The largest absolute Gasteiger partial charge is 0.440 e. The van der Waals surface area contributed by atoms with Gasteiger partial charge in [-0.05, 0) is 19.3 Å². The van der Waals surface area contributed by atoms with Crippen molar-refractivity contribution in [1.29, 1.82) is 0 Å². The lowest BCUT2D eigenvalue weighted by Gasteiger charge is -2.20. The Morgan fingerprint density at radius 1 is 1.48 bits per heavy atom. The highest BCUT2D eigenvalue weighted by atomic mass is 16.4. The predicted molar refractivity (Wildman–Crippen MR) is 87.8 cm³/mol. The Hall–Kier alpha value is -2.15. The Labute approximate surface area is 136 Å². The molecular formula is C16H25N5O2. The fraction of sp³-hybridized carbons (Fsp3) is 0.562. The number of aryl methyl sites for hydroxylation is 2. The van der Waals surface area contributed by atoms with Gasteiger partial charge >= 0.3 is 0 Å². The highest BCUT2D eigenvalue weighted by Gasteiger charge is 2.22. The van der Waals surface area contributed by atoms with Crippen molar-refractivity contribution in [2.24, 2.45) is 18.7 Å². The quantitative estimate of drug-likeness (QED) is 0.877. The van der Waals surface area contributed by atoms with Crippen LogP contribution in [-0.4, -0.2) is 45.2 Å². The van der Waals surface area contributed by atoms with Crippen LogP contribution in [0.25, 0.3) is 11.5 Å². The highest BCUT2D eigenvalue weighted by molar-refractivity contribution is 5.93. The Morgan fingerprint density at radius 2 is 2.17 bits per heavy atom. The van der Waals surface area contributed by atoms with E-state index in [1.54, 1.807) is 35.9 Å². The summed E-state index contributed by atoms with van der Waals surface area (Å²) in [6.45, 7) is 6.49. The molecule has 1 atom stereocenters. The lowest BCUT2D eigenvalue weighted by Crippen LogP contribution is -2.35. The lowest BCUT2D eigenvalue weighted by molar-refractivity contribution is 0.0782. The molecule has 23 heavy (non-hydrogen) atoms. The molecule has 0 fully saturated rings. The topological polar surface area (TPSA) is 90.2 Å². The van der Waals surface area contributed by atoms with Gasteiger partial charge in [-0.15, -0.1) is 0 Å². The molecular weight excluding hydrogens is 294 g/mol. The fourth-order valence-corrected chi connectivity index (χ4v) is 2.21. The van der Waals surface area contributed by atoms with Crippen LogP contribution in [0.3, 0.4) is 0 Å². The zero-order valence-corrected chi connectivity index (χ0v) is 14.4. The van der Waals surface area contributed by atoms with E-state index in [4.69, 9.17) is 10.2 Å². The summed E-state index contributed by atoms with van der Waals surface area (Å²) in [7, 11) is 3.57. The van der Waals surface area contributed by atoms with Crippen molar-refractivity contribution < 1.29 is 9.21 Å². The molecule has 1 amide bonds. The third kappa shape index (κ3) is 3.98. The van der Waals surface area contributed by atoms with Gasteiger partial charge in [0.2, 0.25) is 5.89 Å². The molecule has 7 heteroatoms. The van der Waals surface area contributed by atoms with Crippen molar-refractivity contribution >= 4 is 5.91 Å². The minimum Gasteiger partial charge on any atom is -0.440 e. The smallest absolute Gasteiger partial charge is 0.275 e. The minimum atomic E-state index is -0.155. The molecule has 0 saturated carbocycles. The van der Waals surface area contributed by atoms with Gasteiger partial charge in [-0.2, -0.15) is 5.10 Å². The molecule has 0 bridgehead atoms. The summed E-state index contributed by atoms with van der Waals surface area (Å²) in [4.78, 5) is 18.5. The summed E-state index contributed by atoms with van der Waals surface area (Å²) >= 11 is 0. The van der Waals surface area contributed by atoms with Crippen LogP contribution in [0, 0.1) is 12.8 Å². The maximum absolute atomic E-state index is 12.5. The first-order chi connectivity index (χ1) is 10.8. The molecule has 2 N–H and O–H groups in total. The highest BCUT2D eigenvalue weighted by Crippen LogP contribution is 2.21. The molecule has 1 unspecified atom stereocenters. The van der Waals surface area contributed by atoms with Gasteiger partial charge in [-0.3, -0.25) is 9.48 Å². The average molecular weight is 319 g/mol. The van der Waals surface area contributed by atoms with Gasteiger partial charge in [0.05, 0.1) is 11.8 Å². The standard InChI is InChI=1S/C16H25N5O2/c1-10(2)13(17)6-7-20(4)16(22)14-11(3)23-15(19-14)12-8-18-21(5)9-12/h8-10,13H,6-7,17H2,1-5H3. The lowest BCUT2D eigenvalue weighted by atomic mass is 10.0. The van der Waals surface area contributed by atoms with Crippen molar-refractivity contribution in [2.75, 3.05) is 13.6 Å². The Kier molecular flexibility index (Phi) is 5.20. The molecule has 0 aromatic carbocycles. The van der Waals surface area contributed by atoms with E-state index in [1.807, 2.05) is 7.05 Å². The van der Waals surface area contributed by atoms with Gasteiger partial charge in [-0.25, -0.2) is 4.98 Å².